The number of benzene rings is 1. The zero-order chi connectivity index (χ0) is 15.1. The van der Waals surface area contributed by atoms with Gasteiger partial charge in [-0.3, -0.25) is 4.99 Å². The third kappa shape index (κ3) is 5.28. The Hall–Kier alpha value is -0.830. The van der Waals surface area contributed by atoms with Crippen molar-refractivity contribution in [2.75, 3.05) is 13.2 Å². The first-order valence-corrected chi connectivity index (χ1v) is 6.83. The Morgan fingerprint density at radius 2 is 1.75 bits per heavy atom. The lowest BCUT2D eigenvalue weighted by Crippen LogP contribution is -2.46. The van der Waals surface area contributed by atoms with Gasteiger partial charge in [0.1, 0.15) is 24.4 Å². The van der Waals surface area contributed by atoms with Gasteiger partial charge >= 0.3 is 0 Å². The first-order valence-electron chi connectivity index (χ1n) is 6.04. The molecule has 0 aliphatic heterocycles. The molecule has 7 heteroatoms. The molecule has 5 N–H and O–H groups in total. The van der Waals surface area contributed by atoms with Crippen molar-refractivity contribution in [1.29, 1.82) is 0 Å². The SMILES string of the molecule is OC[C@@H](O)[C@@H](O)[C@H](O)[C@@H](O)CN=Cc1cccc(Br)c1. The van der Waals surface area contributed by atoms with Gasteiger partial charge < -0.3 is 25.5 Å². The monoisotopic (exact) mass is 347 g/mol. The Balaban J connectivity index is 2.52. The molecule has 0 aliphatic carbocycles. The lowest BCUT2D eigenvalue weighted by atomic mass is 10.0. The standard InChI is InChI=1S/C13H18BrNO5/c14-9-3-1-2-8(4-9)5-15-6-10(17)12(19)13(20)11(18)7-16/h1-5,10-13,16-20H,6-7H2/t10-,11+,12+,13+/m0/s1. The van der Waals surface area contributed by atoms with Crippen LogP contribution in [0.1, 0.15) is 5.56 Å². The van der Waals surface area contributed by atoms with E-state index >= 15 is 0 Å². The maximum atomic E-state index is 9.64. The zero-order valence-electron chi connectivity index (χ0n) is 10.7. The van der Waals surface area contributed by atoms with E-state index in [4.69, 9.17) is 10.2 Å². The molecule has 1 rings (SSSR count). The fraction of sp³-hybridized carbons (Fsp3) is 0.462. The van der Waals surface area contributed by atoms with Crippen molar-refractivity contribution in [1.82, 2.24) is 0 Å². The van der Waals surface area contributed by atoms with E-state index in [0.717, 1.165) is 10.0 Å². The molecular weight excluding hydrogens is 330 g/mol. The van der Waals surface area contributed by atoms with Crippen LogP contribution in [0.3, 0.4) is 0 Å². The van der Waals surface area contributed by atoms with Crippen molar-refractivity contribution in [3.05, 3.63) is 34.3 Å². The molecule has 1 aromatic carbocycles. The summed E-state index contributed by atoms with van der Waals surface area (Å²) in [5.41, 5.74) is 0.817. The van der Waals surface area contributed by atoms with Crippen molar-refractivity contribution >= 4 is 22.1 Å². The number of nitrogens with zero attached hydrogens (tertiary/aromatic N) is 1. The van der Waals surface area contributed by atoms with Crippen LogP contribution in [-0.4, -0.2) is 69.3 Å². The van der Waals surface area contributed by atoms with E-state index in [9.17, 15) is 15.3 Å². The molecule has 0 amide bonds. The molecule has 20 heavy (non-hydrogen) atoms. The number of aliphatic imine (C=N–C) groups is 1. The third-order valence-electron chi connectivity index (χ3n) is 2.71. The maximum absolute atomic E-state index is 9.64. The van der Waals surface area contributed by atoms with E-state index in [1.165, 1.54) is 6.21 Å². The average molecular weight is 348 g/mol. The molecule has 0 aliphatic rings. The van der Waals surface area contributed by atoms with Gasteiger partial charge in [-0.25, -0.2) is 0 Å². The van der Waals surface area contributed by atoms with Gasteiger partial charge in [-0.05, 0) is 17.7 Å². The first kappa shape index (κ1) is 17.2. The van der Waals surface area contributed by atoms with Gasteiger partial charge in [-0.2, -0.15) is 0 Å². The molecule has 1 aromatic rings. The molecule has 0 heterocycles. The van der Waals surface area contributed by atoms with Gasteiger partial charge in [0.2, 0.25) is 0 Å². The summed E-state index contributed by atoms with van der Waals surface area (Å²) in [7, 11) is 0. The highest BCUT2D eigenvalue weighted by atomic mass is 79.9. The smallest absolute Gasteiger partial charge is 0.111 e. The Labute approximate surface area is 125 Å². The molecule has 0 saturated heterocycles. The minimum absolute atomic E-state index is 0.136. The number of hydrogen-bond acceptors (Lipinski definition) is 6. The molecule has 0 radical (unpaired) electrons. The van der Waals surface area contributed by atoms with Crippen LogP contribution < -0.4 is 0 Å². The van der Waals surface area contributed by atoms with E-state index in [-0.39, 0.29) is 6.54 Å². The fourth-order valence-corrected chi connectivity index (χ4v) is 1.94. The predicted molar refractivity (Wildman–Crippen MR) is 77.7 cm³/mol. The molecule has 0 unspecified atom stereocenters. The van der Waals surface area contributed by atoms with Crippen LogP contribution in [0.25, 0.3) is 0 Å². The second kappa shape index (κ2) is 8.46. The highest BCUT2D eigenvalue weighted by Crippen LogP contribution is 2.10. The van der Waals surface area contributed by atoms with Gasteiger partial charge in [0.15, 0.2) is 0 Å². The van der Waals surface area contributed by atoms with Crippen molar-refractivity contribution in [3.8, 4) is 0 Å². The molecule has 0 spiro atoms. The van der Waals surface area contributed by atoms with Crippen molar-refractivity contribution < 1.29 is 25.5 Å². The van der Waals surface area contributed by atoms with Crippen LogP contribution in [0.4, 0.5) is 0 Å². The second-order valence-corrected chi connectivity index (χ2v) is 5.26. The van der Waals surface area contributed by atoms with Crippen molar-refractivity contribution in [2.45, 2.75) is 24.4 Å². The maximum Gasteiger partial charge on any atom is 0.111 e. The normalized spacial score (nSPS) is 17.9. The number of rotatable bonds is 7. The van der Waals surface area contributed by atoms with Crippen LogP contribution >= 0.6 is 15.9 Å². The van der Waals surface area contributed by atoms with E-state index in [1.54, 1.807) is 0 Å². The van der Waals surface area contributed by atoms with E-state index in [2.05, 4.69) is 20.9 Å². The summed E-state index contributed by atoms with van der Waals surface area (Å²) < 4.78 is 0.892. The highest BCUT2D eigenvalue weighted by Gasteiger charge is 2.29. The van der Waals surface area contributed by atoms with Crippen LogP contribution in [0.2, 0.25) is 0 Å². The van der Waals surface area contributed by atoms with E-state index in [0.29, 0.717) is 0 Å². The number of aliphatic hydroxyl groups excluding tert-OH is 5. The summed E-state index contributed by atoms with van der Waals surface area (Å²) in [6, 6.07) is 7.35. The lowest BCUT2D eigenvalue weighted by Gasteiger charge is -2.24. The molecule has 112 valence electrons. The largest absolute Gasteiger partial charge is 0.394 e. The zero-order valence-corrected chi connectivity index (χ0v) is 12.3. The Morgan fingerprint density at radius 1 is 1.10 bits per heavy atom. The minimum Gasteiger partial charge on any atom is -0.394 e. The van der Waals surface area contributed by atoms with Crippen LogP contribution in [-0.2, 0) is 0 Å². The summed E-state index contributed by atoms with van der Waals surface area (Å²) >= 11 is 3.31. The van der Waals surface area contributed by atoms with Gasteiger partial charge in [0.25, 0.3) is 0 Å². The summed E-state index contributed by atoms with van der Waals surface area (Å²) in [5.74, 6) is 0. The van der Waals surface area contributed by atoms with Gasteiger partial charge in [-0.1, -0.05) is 28.1 Å². The summed E-state index contributed by atoms with van der Waals surface area (Å²) in [5, 5.41) is 46.5. The summed E-state index contributed by atoms with van der Waals surface area (Å²) in [6.07, 6.45) is -4.54. The van der Waals surface area contributed by atoms with Crippen molar-refractivity contribution in [3.63, 3.8) is 0 Å². The van der Waals surface area contributed by atoms with Crippen LogP contribution in [0.15, 0.2) is 33.7 Å². The second-order valence-electron chi connectivity index (χ2n) is 4.35. The van der Waals surface area contributed by atoms with Gasteiger partial charge in [0, 0.05) is 10.7 Å². The highest BCUT2D eigenvalue weighted by molar-refractivity contribution is 9.10. The number of halogens is 1. The Kier molecular flexibility index (Phi) is 7.28. The van der Waals surface area contributed by atoms with Crippen LogP contribution in [0, 0.1) is 0 Å². The molecular formula is C13H18BrNO5. The third-order valence-corrected chi connectivity index (χ3v) is 3.20. The van der Waals surface area contributed by atoms with E-state index in [1.807, 2.05) is 24.3 Å². The molecule has 4 atom stereocenters. The number of hydrogen-bond donors (Lipinski definition) is 5. The minimum atomic E-state index is -1.63. The molecule has 0 aromatic heterocycles. The van der Waals surface area contributed by atoms with Crippen molar-refractivity contribution in [2.24, 2.45) is 4.99 Å². The topological polar surface area (TPSA) is 114 Å². The predicted octanol–water partition coefficient (Wildman–Crippen LogP) is -0.696. The Bertz CT molecular complexity index is 443. The number of aliphatic hydroxyl groups is 5. The molecule has 0 bridgehead atoms. The Morgan fingerprint density at radius 3 is 2.35 bits per heavy atom. The van der Waals surface area contributed by atoms with Gasteiger partial charge in [0.05, 0.1) is 13.2 Å². The summed E-state index contributed by atoms with van der Waals surface area (Å²) in [6.45, 7) is -0.838. The summed E-state index contributed by atoms with van der Waals surface area (Å²) in [4.78, 5) is 3.96. The van der Waals surface area contributed by atoms with Crippen LogP contribution in [0.5, 0.6) is 0 Å². The lowest BCUT2D eigenvalue weighted by molar-refractivity contribution is -0.112. The first-order chi connectivity index (χ1) is 9.45. The quantitative estimate of drug-likeness (QED) is 0.419. The van der Waals surface area contributed by atoms with E-state index < -0.39 is 31.0 Å². The fourth-order valence-electron chi connectivity index (χ4n) is 1.52. The molecule has 0 fully saturated rings. The molecule has 6 nitrogen and oxygen atoms in total. The molecule has 0 saturated carbocycles. The van der Waals surface area contributed by atoms with Gasteiger partial charge in [-0.15, -0.1) is 0 Å². The average Bonchev–Trinajstić information content (AvgIpc) is 2.44.